The van der Waals surface area contributed by atoms with E-state index in [4.69, 9.17) is 10.5 Å². The monoisotopic (exact) mass is 392 g/mol. The number of amides is 2. The molecule has 1 aliphatic rings. The summed E-state index contributed by atoms with van der Waals surface area (Å²) < 4.78 is 34.7. The molecule has 0 bridgehead atoms. The highest BCUT2D eigenvalue weighted by Crippen LogP contribution is 2.37. The van der Waals surface area contributed by atoms with E-state index in [0.29, 0.717) is 11.4 Å². The Morgan fingerprint density at radius 2 is 1.93 bits per heavy atom. The Kier molecular flexibility index (Phi) is 4.60. The number of rotatable bonds is 4. The number of aromatic nitrogens is 1. The third-order valence-electron chi connectivity index (χ3n) is 4.27. The molecule has 1 aromatic heterocycles. The van der Waals surface area contributed by atoms with Crippen molar-refractivity contribution in [1.82, 2.24) is 9.47 Å². The summed E-state index contributed by atoms with van der Waals surface area (Å²) in [4.78, 5) is 25.1. The molecule has 2 heterocycles. The van der Waals surface area contributed by atoms with Crippen LogP contribution >= 0.6 is 0 Å². The summed E-state index contributed by atoms with van der Waals surface area (Å²) in [6.07, 6.45) is 0.333. The summed E-state index contributed by atoms with van der Waals surface area (Å²) in [7, 11) is 0.625. The molecule has 3 rings (SSSR count). The molecule has 10 heteroatoms. The number of carbonyl (C=O) groups is 2. The summed E-state index contributed by atoms with van der Waals surface area (Å²) in [5, 5.41) is 0. The maximum atomic E-state index is 13.3. The van der Waals surface area contributed by atoms with Gasteiger partial charge in [0.25, 0.3) is 21.8 Å². The highest BCUT2D eigenvalue weighted by atomic mass is 32.2. The van der Waals surface area contributed by atoms with Crippen LogP contribution < -0.4 is 14.8 Å². The first kappa shape index (κ1) is 18.8. The number of aryl methyl sites for hydroxylation is 1. The molecule has 0 saturated carbocycles. The fourth-order valence-corrected chi connectivity index (χ4v) is 4.44. The third-order valence-corrected chi connectivity index (χ3v) is 6.02. The zero-order valence-electron chi connectivity index (χ0n) is 15.1. The predicted octanol–water partition coefficient (Wildman–Crippen LogP) is 0.169. The third kappa shape index (κ3) is 3.23. The summed E-state index contributed by atoms with van der Waals surface area (Å²) in [6, 6.07) is 7.80. The van der Waals surface area contributed by atoms with Crippen LogP contribution in [-0.4, -0.2) is 56.4 Å². The summed E-state index contributed by atoms with van der Waals surface area (Å²) in [6.45, 7) is -0.183. The van der Waals surface area contributed by atoms with E-state index >= 15 is 0 Å². The second-order valence-corrected chi connectivity index (χ2v) is 8.24. The number of benzene rings is 1. The van der Waals surface area contributed by atoms with Gasteiger partial charge in [-0.05, 0) is 18.2 Å². The SMILES string of the molecule is CN(C)C(=O)C1CN(S(=O)(=O)c2cc(C(N)=O)n(C)c2)c2ccccc2O1. The lowest BCUT2D eigenvalue weighted by Gasteiger charge is -2.35. The second kappa shape index (κ2) is 6.62. The largest absolute Gasteiger partial charge is 0.476 e. The van der Waals surface area contributed by atoms with E-state index in [1.165, 1.54) is 28.8 Å². The first-order valence-electron chi connectivity index (χ1n) is 8.08. The van der Waals surface area contributed by atoms with Gasteiger partial charge in [0, 0.05) is 27.3 Å². The fraction of sp³-hybridized carbons (Fsp3) is 0.294. The van der Waals surface area contributed by atoms with E-state index < -0.39 is 22.0 Å². The predicted molar refractivity (Wildman–Crippen MR) is 98.0 cm³/mol. The Labute approximate surface area is 157 Å². The van der Waals surface area contributed by atoms with Crippen molar-refractivity contribution in [3.8, 4) is 5.75 Å². The van der Waals surface area contributed by atoms with E-state index in [9.17, 15) is 18.0 Å². The first-order valence-corrected chi connectivity index (χ1v) is 9.52. The van der Waals surface area contributed by atoms with Crippen LogP contribution in [0.2, 0.25) is 0 Å². The molecule has 9 nitrogen and oxygen atoms in total. The lowest BCUT2D eigenvalue weighted by Crippen LogP contribution is -2.50. The van der Waals surface area contributed by atoms with Crippen molar-refractivity contribution in [3.05, 3.63) is 42.2 Å². The number of para-hydroxylation sites is 2. The maximum Gasteiger partial charge on any atom is 0.266 e. The number of sulfonamides is 1. The van der Waals surface area contributed by atoms with Crippen LogP contribution in [0.3, 0.4) is 0 Å². The summed E-state index contributed by atoms with van der Waals surface area (Å²) in [5.41, 5.74) is 5.67. The molecule has 0 aliphatic carbocycles. The number of carbonyl (C=O) groups excluding carboxylic acids is 2. The Hall–Kier alpha value is -3.01. The van der Waals surface area contributed by atoms with Crippen molar-refractivity contribution >= 4 is 27.5 Å². The number of ether oxygens (including phenoxy) is 1. The summed E-state index contributed by atoms with van der Waals surface area (Å²) in [5.74, 6) is -0.795. The van der Waals surface area contributed by atoms with Gasteiger partial charge in [-0.15, -0.1) is 0 Å². The molecular formula is C17H20N4O5S. The molecule has 144 valence electrons. The zero-order chi connectivity index (χ0) is 19.9. The van der Waals surface area contributed by atoms with Crippen molar-refractivity contribution in [1.29, 1.82) is 0 Å². The molecule has 27 heavy (non-hydrogen) atoms. The lowest BCUT2D eigenvalue weighted by atomic mass is 10.2. The minimum absolute atomic E-state index is 0.0658. The Bertz CT molecular complexity index is 1010. The minimum atomic E-state index is -4.05. The Morgan fingerprint density at radius 1 is 1.26 bits per heavy atom. The van der Waals surface area contributed by atoms with Gasteiger partial charge in [-0.25, -0.2) is 8.42 Å². The van der Waals surface area contributed by atoms with Gasteiger partial charge in [0.2, 0.25) is 0 Å². The molecule has 0 fully saturated rings. The van der Waals surface area contributed by atoms with Gasteiger partial charge in [0.15, 0.2) is 6.10 Å². The van der Waals surface area contributed by atoms with Crippen LogP contribution in [0.1, 0.15) is 10.5 Å². The topological polar surface area (TPSA) is 115 Å². The number of hydrogen-bond donors (Lipinski definition) is 1. The van der Waals surface area contributed by atoms with Gasteiger partial charge >= 0.3 is 0 Å². The van der Waals surface area contributed by atoms with Gasteiger partial charge in [-0.2, -0.15) is 0 Å². The number of nitrogens with zero attached hydrogens (tertiary/aromatic N) is 3. The molecule has 0 radical (unpaired) electrons. The fourth-order valence-electron chi connectivity index (χ4n) is 2.89. The smallest absolute Gasteiger partial charge is 0.266 e. The number of fused-ring (bicyclic) bond motifs is 1. The van der Waals surface area contributed by atoms with Crippen molar-refractivity contribution in [2.75, 3.05) is 24.9 Å². The highest BCUT2D eigenvalue weighted by Gasteiger charge is 2.38. The highest BCUT2D eigenvalue weighted by molar-refractivity contribution is 7.92. The molecular weight excluding hydrogens is 372 g/mol. The molecule has 1 aliphatic heterocycles. The van der Waals surface area contributed by atoms with Crippen LogP contribution in [0.5, 0.6) is 5.75 Å². The molecule has 1 aromatic carbocycles. The number of nitrogens with two attached hydrogens (primary N) is 1. The Balaban J connectivity index is 2.09. The van der Waals surface area contributed by atoms with E-state index in [2.05, 4.69) is 0 Å². The van der Waals surface area contributed by atoms with Crippen LogP contribution in [-0.2, 0) is 21.9 Å². The molecule has 0 saturated heterocycles. The summed E-state index contributed by atoms with van der Waals surface area (Å²) >= 11 is 0. The molecule has 2 amide bonds. The van der Waals surface area contributed by atoms with Gasteiger partial charge in [-0.3, -0.25) is 13.9 Å². The van der Waals surface area contributed by atoms with Crippen LogP contribution in [0.15, 0.2) is 41.4 Å². The van der Waals surface area contributed by atoms with Gasteiger partial charge in [-0.1, -0.05) is 12.1 Å². The molecule has 2 aromatic rings. The van der Waals surface area contributed by atoms with Gasteiger partial charge in [0.05, 0.1) is 12.2 Å². The maximum absolute atomic E-state index is 13.3. The van der Waals surface area contributed by atoms with Crippen molar-refractivity contribution < 1.29 is 22.7 Å². The quantitative estimate of drug-likeness (QED) is 0.796. The average molecular weight is 392 g/mol. The van der Waals surface area contributed by atoms with Crippen molar-refractivity contribution in [2.45, 2.75) is 11.0 Å². The number of likely N-dealkylation sites (N-methyl/N-ethyl adjacent to an activating group) is 1. The Morgan fingerprint density at radius 3 is 2.52 bits per heavy atom. The first-order chi connectivity index (χ1) is 12.6. The van der Waals surface area contributed by atoms with E-state index in [1.54, 1.807) is 38.4 Å². The van der Waals surface area contributed by atoms with Crippen molar-refractivity contribution in [3.63, 3.8) is 0 Å². The van der Waals surface area contributed by atoms with Crippen LogP contribution in [0.25, 0.3) is 0 Å². The van der Waals surface area contributed by atoms with Gasteiger partial charge < -0.3 is 19.9 Å². The number of anilines is 1. The van der Waals surface area contributed by atoms with Crippen LogP contribution in [0.4, 0.5) is 5.69 Å². The minimum Gasteiger partial charge on any atom is -0.476 e. The van der Waals surface area contributed by atoms with Crippen molar-refractivity contribution in [2.24, 2.45) is 12.8 Å². The zero-order valence-corrected chi connectivity index (χ0v) is 15.9. The lowest BCUT2D eigenvalue weighted by molar-refractivity contribution is -0.135. The average Bonchev–Trinajstić information content (AvgIpc) is 3.02. The number of primary amides is 1. The van der Waals surface area contributed by atoms with E-state index in [1.807, 2.05) is 0 Å². The second-order valence-electron chi connectivity index (χ2n) is 6.38. The van der Waals surface area contributed by atoms with Gasteiger partial charge in [0.1, 0.15) is 16.3 Å². The number of hydrogen-bond acceptors (Lipinski definition) is 5. The standard InChI is InChI=1S/C17H20N4O5S/c1-19(2)17(23)15-10-21(12-6-4-5-7-14(12)26-15)27(24,25)11-8-13(16(18)22)20(3)9-11/h4-9,15H,10H2,1-3H3,(H2,18,22). The molecule has 2 N–H and O–H groups in total. The van der Waals surface area contributed by atoms with E-state index in [0.717, 1.165) is 4.31 Å². The molecule has 1 unspecified atom stereocenters. The van der Waals surface area contributed by atoms with E-state index in [-0.39, 0.29) is 23.0 Å². The normalized spacial score (nSPS) is 16.4. The molecule has 0 spiro atoms. The van der Waals surface area contributed by atoms with Crippen LogP contribution in [0, 0.1) is 0 Å². The molecule has 1 atom stereocenters.